The van der Waals surface area contributed by atoms with E-state index in [1.807, 2.05) is 0 Å². The van der Waals surface area contributed by atoms with Crippen LogP contribution in [0.2, 0.25) is 0 Å². The first-order valence-electron chi connectivity index (χ1n) is 13.0. The molecule has 29 heavy (non-hydrogen) atoms. The van der Waals surface area contributed by atoms with E-state index in [-0.39, 0.29) is 12.1 Å². The zero-order valence-corrected chi connectivity index (χ0v) is 20.5. The van der Waals surface area contributed by atoms with E-state index in [4.69, 9.17) is 4.74 Å². The Bertz CT molecular complexity index is 346. The van der Waals surface area contributed by atoms with Crippen molar-refractivity contribution >= 4 is 5.97 Å². The molecule has 0 aromatic carbocycles. The van der Waals surface area contributed by atoms with Crippen LogP contribution in [0.15, 0.2) is 0 Å². The van der Waals surface area contributed by atoms with Gasteiger partial charge in [0.15, 0.2) is 0 Å². The molecule has 0 aliphatic rings. The third-order valence-corrected chi connectivity index (χ3v) is 5.83. The van der Waals surface area contributed by atoms with Crippen LogP contribution in [0.1, 0.15) is 136 Å². The zero-order valence-electron chi connectivity index (χ0n) is 20.5. The first-order valence-corrected chi connectivity index (χ1v) is 13.0. The van der Waals surface area contributed by atoms with Gasteiger partial charge in [-0.2, -0.15) is 0 Å². The minimum absolute atomic E-state index is 0.0413. The van der Waals surface area contributed by atoms with Gasteiger partial charge in [0.05, 0.1) is 0 Å². The van der Waals surface area contributed by atoms with Gasteiger partial charge >= 0.3 is 5.97 Å². The largest absolute Gasteiger partial charge is 0.462 e. The average Bonchev–Trinajstić information content (AvgIpc) is 2.70. The SMILES string of the molecule is CCCCCCCCC(CCCCCC)OC(=O)CCCCCCN(C)CCC. The van der Waals surface area contributed by atoms with Crippen LogP contribution in [0.4, 0.5) is 0 Å². The van der Waals surface area contributed by atoms with E-state index in [1.165, 1.54) is 96.6 Å². The van der Waals surface area contributed by atoms with Gasteiger partial charge in [0, 0.05) is 6.42 Å². The molecule has 0 aromatic rings. The van der Waals surface area contributed by atoms with E-state index in [0.717, 1.165) is 25.7 Å². The highest BCUT2D eigenvalue weighted by Gasteiger charge is 2.14. The lowest BCUT2D eigenvalue weighted by Gasteiger charge is -2.18. The first kappa shape index (κ1) is 28.4. The summed E-state index contributed by atoms with van der Waals surface area (Å²) in [5.74, 6) is 0.0413. The van der Waals surface area contributed by atoms with Crippen molar-refractivity contribution < 1.29 is 9.53 Å². The molecule has 0 rings (SSSR count). The van der Waals surface area contributed by atoms with E-state index in [1.54, 1.807) is 0 Å². The minimum Gasteiger partial charge on any atom is -0.462 e. The van der Waals surface area contributed by atoms with E-state index < -0.39 is 0 Å². The van der Waals surface area contributed by atoms with Crippen LogP contribution in [-0.2, 0) is 9.53 Å². The molecule has 0 saturated carbocycles. The van der Waals surface area contributed by atoms with Crippen LogP contribution in [0.25, 0.3) is 0 Å². The maximum absolute atomic E-state index is 12.3. The fourth-order valence-corrected chi connectivity index (χ4v) is 3.96. The molecule has 0 N–H and O–H groups in total. The molecular weight excluding hydrogens is 358 g/mol. The molecule has 1 atom stereocenters. The monoisotopic (exact) mass is 411 g/mol. The lowest BCUT2D eigenvalue weighted by molar-refractivity contribution is -0.150. The number of unbranched alkanes of at least 4 members (excludes halogenated alkanes) is 11. The highest BCUT2D eigenvalue weighted by molar-refractivity contribution is 5.69. The number of nitrogens with zero attached hydrogens (tertiary/aromatic N) is 1. The molecule has 0 heterocycles. The van der Waals surface area contributed by atoms with Crippen molar-refractivity contribution in [3.8, 4) is 0 Å². The van der Waals surface area contributed by atoms with Gasteiger partial charge in [-0.1, -0.05) is 85.0 Å². The van der Waals surface area contributed by atoms with Crippen LogP contribution in [0, 0.1) is 0 Å². The Morgan fingerprint density at radius 2 is 1.17 bits per heavy atom. The predicted molar refractivity (Wildman–Crippen MR) is 128 cm³/mol. The second-order valence-electron chi connectivity index (χ2n) is 8.99. The predicted octanol–water partition coefficient (Wildman–Crippen LogP) is 7.91. The van der Waals surface area contributed by atoms with Crippen molar-refractivity contribution in [3.63, 3.8) is 0 Å². The Balaban J connectivity index is 3.94. The third kappa shape index (κ3) is 20.5. The maximum Gasteiger partial charge on any atom is 0.306 e. The Kier molecular flexibility index (Phi) is 21.7. The standard InChI is InChI=1S/C26H53NO2/c1-5-8-10-12-13-17-21-25(20-16-11-9-6-2)29-26(28)22-18-14-15-19-24-27(4)23-7-3/h25H,5-24H2,1-4H3. The van der Waals surface area contributed by atoms with Crippen molar-refractivity contribution in [2.75, 3.05) is 20.1 Å². The molecule has 0 spiro atoms. The van der Waals surface area contributed by atoms with Gasteiger partial charge in [-0.3, -0.25) is 4.79 Å². The van der Waals surface area contributed by atoms with Crippen LogP contribution in [0.5, 0.6) is 0 Å². The number of rotatable bonds is 22. The molecule has 3 heteroatoms. The van der Waals surface area contributed by atoms with Crippen molar-refractivity contribution in [2.45, 2.75) is 142 Å². The van der Waals surface area contributed by atoms with Gasteiger partial charge in [-0.15, -0.1) is 0 Å². The van der Waals surface area contributed by atoms with Gasteiger partial charge in [0.25, 0.3) is 0 Å². The molecule has 0 saturated heterocycles. The second-order valence-corrected chi connectivity index (χ2v) is 8.99. The third-order valence-electron chi connectivity index (χ3n) is 5.83. The molecule has 0 amide bonds. The number of hydrogen-bond acceptors (Lipinski definition) is 3. The normalized spacial score (nSPS) is 12.4. The summed E-state index contributed by atoms with van der Waals surface area (Å²) in [6.45, 7) is 9.10. The Morgan fingerprint density at radius 1 is 0.655 bits per heavy atom. The molecule has 3 nitrogen and oxygen atoms in total. The van der Waals surface area contributed by atoms with E-state index >= 15 is 0 Å². The number of hydrogen-bond donors (Lipinski definition) is 0. The highest BCUT2D eigenvalue weighted by Crippen LogP contribution is 2.17. The second kappa shape index (κ2) is 22.1. The lowest BCUT2D eigenvalue weighted by Crippen LogP contribution is -2.20. The van der Waals surface area contributed by atoms with Gasteiger partial charge in [-0.05, 0) is 65.1 Å². The molecule has 0 bridgehead atoms. The molecule has 0 aliphatic carbocycles. The summed E-state index contributed by atoms with van der Waals surface area (Å²) in [5.41, 5.74) is 0. The topological polar surface area (TPSA) is 29.5 Å². The quantitative estimate of drug-likeness (QED) is 0.134. The summed E-state index contributed by atoms with van der Waals surface area (Å²) < 4.78 is 5.89. The number of esters is 1. The average molecular weight is 412 g/mol. The Labute approximate surface area is 183 Å². The van der Waals surface area contributed by atoms with Gasteiger partial charge in [0.2, 0.25) is 0 Å². The van der Waals surface area contributed by atoms with Crippen LogP contribution >= 0.6 is 0 Å². The molecule has 1 unspecified atom stereocenters. The number of carbonyl (C=O) groups excluding carboxylic acids is 1. The van der Waals surface area contributed by atoms with Gasteiger partial charge in [-0.25, -0.2) is 0 Å². The first-order chi connectivity index (χ1) is 14.1. The number of carbonyl (C=O) groups is 1. The molecular formula is C26H53NO2. The maximum atomic E-state index is 12.3. The Morgan fingerprint density at radius 3 is 1.79 bits per heavy atom. The fourth-order valence-electron chi connectivity index (χ4n) is 3.96. The van der Waals surface area contributed by atoms with Crippen LogP contribution < -0.4 is 0 Å². The Hall–Kier alpha value is -0.570. The van der Waals surface area contributed by atoms with Crippen molar-refractivity contribution in [2.24, 2.45) is 0 Å². The molecule has 0 aliphatic heterocycles. The summed E-state index contributed by atoms with van der Waals surface area (Å²) >= 11 is 0. The van der Waals surface area contributed by atoms with Crippen LogP contribution in [-0.4, -0.2) is 37.1 Å². The molecule has 0 radical (unpaired) electrons. The molecule has 0 aromatic heterocycles. The molecule has 0 fully saturated rings. The van der Waals surface area contributed by atoms with Gasteiger partial charge < -0.3 is 9.64 Å². The summed E-state index contributed by atoms with van der Waals surface area (Å²) in [7, 11) is 2.20. The minimum atomic E-state index is 0.0413. The summed E-state index contributed by atoms with van der Waals surface area (Å²) in [6, 6.07) is 0. The summed E-state index contributed by atoms with van der Waals surface area (Å²) in [4.78, 5) is 14.7. The lowest BCUT2D eigenvalue weighted by atomic mass is 10.0. The highest BCUT2D eigenvalue weighted by atomic mass is 16.5. The fraction of sp³-hybridized carbons (Fsp3) is 0.962. The number of ether oxygens (including phenoxy) is 1. The van der Waals surface area contributed by atoms with Crippen LogP contribution in [0.3, 0.4) is 0 Å². The summed E-state index contributed by atoms with van der Waals surface area (Å²) in [6.07, 6.45) is 21.6. The van der Waals surface area contributed by atoms with E-state index in [0.29, 0.717) is 6.42 Å². The molecule has 174 valence electrons. The van der Waals surface area contributed by atoms with Crippen molar-refractivity contribution in [1.82, 2.24) is 4.90 Å². The van der Waals surface area contributed by atoms with E-state index in [9.17, 15) is 4.79 Å². The summed E-state index contributed by atoms with van der Waals surface area (Å²) in [5, 5.41) is 0. The zero-order chi connectivity index (χ0) is 21.6. The van der Waals surface area contributed by atoms with Crippen molar-refractivity contribution in [1.29, 1.82) is 0 Å². The van der Waals surface area contributed by atoms with E-state index in [2.05, 4.69) is 32.7 Å². The van der Waals surface area contributed by atoms with Gasteiger partial charge in [0.1, 0.15) is 6.10 Å². The van der Waals surface area contributed by atoms with Crippen molar-refractivity contribution in [3.05, 3.63) is 0 Å². The smallest absolute Gasteiger partial charge is 0.306 e.